The van der Waals surface area contributed by atoms with Crippen LogP contribution in [0.2, 0.25) is 0 Å². The van der Waals surface area contributed by atoms with Gasteiger partial charge in [-0.1, -0.05) is 23.4 Å². The predicted molar refractivity (Wildman–Crippen MR) is 62.0 cm³/mol. The van der Waals surface area contributed by atoms with Gasteiger partial charge in [0.1, 0.15) is 6.61 Å². The summed E-state index contributed by atoms with van der Waals surface area (Å²) in [4.78, 5) is 4.97. The van der Waals surface area contributed by atoms with Crippen molar-refractivity contribution in [2.45, 2.75) is 20.0 Å². The quantitative estimate of drug-likeness (QED) is 0.762. The van der Waals surface area contributed by atoms with E-state index in [1.54, 1.807) is 0 Å². The fourth-order valence-electron chi connectivity index (χ4n) is 1.86. The van der Waals surface area contributed by atoms with Crippen LogP contribution in [0.5, 0.6) is 0 Å². The van der Waals surface area contributed by atoms with Crippen LogP contribution in [0.15, 0.2) is 23.4 Å². The van der Waals surface area contributed by atoms with Crippen LogP contribution in [0.4, 0.5) is 0 Å². The highest BCUT2D eigenvalue weighted by atomic mass is 32.2. The molecule has 1 aliphatic rings. The van der Waals surface area contributed by atoms with Crippen molar-refractivity contribution in [2.24, 2.45) is 5.16 Å². The zero-order valence-corrected chi connectivity index (χ0v) is 10.2. The molecule has 0 saturated heterocycles. The third-order valence-electron chi connectivity index (χ3n) is 2.56. The molecule has 1 aromatic rings. The van der Waals surface area contributed by atoms with E-state index in [4.69, 9.17) is 4.84 Å². The first kappa shape index (κ1) is 12.2. The Labute approximate surface area is 102 Å². The molecule has 1 atom stereocenters. The van der Waals surface area contributed by atoms with Crippen LogP contribution in [-0.2, 0) is 27.0 Å². The van der Waals surface area contributed by atoms with Crippen LogP contribution in [0.25, 0.3) is 0 Å². The Hall–Kier alpha value is -1.24. The predicted octanol–water partition coefficient (Wildman–Crippen LogP) is 1.43. The Kier molecular flexibility index (Phi) is 3.88. The van der Waals surface area contributed by atoms with Gasteiger partial charge >= 0.3 is 0 Å². The van der Waals surface area contributed by atoms with Crippen molar-refractivity contribution in [3.63, 3.8) is 0 Å². The molecule has 0 saturated carbocycles. The topological polar surface area (TPSA) is 71.0 Å². The fourth-order valence-corrected chi connectivity index (χ4v) is 2.08. The fraction of sp³-hybridized carbons (Fsp3) is 0.364. The minimum absolute atomic E-state index is 0.0200. The second kappa shape index (κ2) is 5.39. The molecule has 1 unspecified atom stereocenters. The van der Waals surface area contributed by atoms with E-state index in [-0.39, 0.29) is 6.61 Å². The van der Waals surface area contributed by atoms with Gasteiger partial charge in [0, 0.05) is 12.0 Å². The minimum Gasteiger partial charge on any atom is -0.750 e. The lowest BCUT2D eigenvalue weighted by Gasteiger charge is -2.12. The molecule has 0 fully saturated rings. The molecule has 92 valence electrons. The summed E-state index contributed by atoms with van der Waals surface area (Å²) >= 11 is -2.50. The first-order valence-electron chi connectivity index (χ1n) is 5.18. The molecule has 6 heteroatoms. The number of nitrogens with zero attached hydrogens (tertiary/aromatic N) is 1. The van der Waals surface area contributed by atoms with Crippen molar-refractivity contribution >= 4 is 17.1 Å². The van der Waals surface area contributed by atoms with E-state index in [1.807, 2.05) is 25.1 Å². The summed E-state index contributed by atoms with van der Waals surface area (Å²) < 4.78 is 25.4. The maximum atomic E-state index is 10.4. The number of benzene rings is 1. The van der Waals surface area contributed by atoms with Gasteiger partial charge in [-0.2, -0.15) is 0 Å². The molecule has 0 N–H and O–H groups in total. The Balaban J connectivity index is 2.30. The number of oxime groups is 1. The standard InChI is InChI=1S/C11H13NO4S/c1-8-3-2-4-9(7-16-17(13)14)11(8)10-5-6-15-12-10/h2-4H,5-7H2,1H3,(H,13,14)/p-1. The highest BCUT2D eigenvalue weighted by molar-refractivity contribution is 7.74. The molecular weight excluding hydrogens is 242 g/mol. The van der Waals surface area contributed by atoms with Gasteiger partial charge in [0.2, 0.25) is 0 Å². The number of hydrogen-bond donors (Lipinski definition) is 0. The smallest absolute Gasteiger partial charge is 0.122 e. The molecule has 17 heavy (non-hydrogen) atoms. The summed E-state index contributed by atoms with van der Waals surface area (Å²) in [6.07, 6.45) is 0.734. The highest BCUT2D eigenvalue weighted by Gasteiger charge is 2.16. The Morgan fingerprint density at radius 3 is 3.06 bits per heavy atom. The normalized spacial score (nSPS) is 16.5. The summed E-state index contributed by atoms with van der Waals surface area (Å²) in [5.74, 6) is 0. The summed E-state index contributed by atoms with van der Waals surface area (Å²) in [5, 5.41) is 3.96. The van der Waals surface area contributed by atoms with Crippen molar-refractivity contribution in [1.29, 1.82) is 0 Å². The first-order valence-corrected chi connectivity index (χ1v) is 6.18. The van der Waals surface area contributed by atoms with Gasteiger partial charge in [0.15, 0.2) is 0 Å². The van der Waals surface area contributed by atoms with Gasteiger partial charge in [0.25, 0.3) is 0 Å². The number of hydrogen-bond acceptors (Lipinski definition) is 5. The van der Waals surface area contributed by atoms with Gasteiger partial charge in [-0.15, -0.1) is 0 Å². The van der Waals surface area contributed by atoms with Crippen LogP contribution in [0.1, 0.15) is 23.1 Å². The average Bonchev–Trinajstić information content (AvgIpc) is 2.79. The van der Waals surface area contributed by atoms with Crippen molar-refractivity contribution in [2.75, 3.05) is 6.61 Å². The average molecular weight is 254 g/mol. The van der Waals surface area contributed by atoms with Crippen molar-refractivity contribution < 1.29 is 17.8 Å². The molecule has 1 heterocycles. The summed E-state index contributed by atoms with van der Waals surface area (Å²) in [7, 11) is 0. The van der Waals surface area contributed by atoms with Crippen LogP contribution in [0, 0.1) is 6.92 Å². The third-order valence-corrected chi connectivity index (χ3v) is 2.87. The van der Waals surface area contributed by atoms with Crippen LogP contribution < -0.4 is 0 Å². The SMILES string of the molecule is Cc1cccc(COS(=O)[O-])c1C1=NOCC1. The molecule has 0 radical (unpaired) electrons. The Bertz CT molecular complexity index is 473. The molecule has 2 rings (SSSR count). The minimum atomic E-state index is -2.50. The Morgan fingerprint density at radius 1 is 1.59 bits per heavy atom. The van der Waals surface area contributed by atoms with Crippen molar-refractivity contribution in [1.82, 2.24) is 0 Å². The molecule has 0 aromatic heterocycles. The van der Waals surface area contributed by atoms with E-state index < -0.39 is 11.4 Å². The van der Waals surface area contributed by atoms with Gasteiger partial charge in [-0.25, -0.2) is 4.21 Å². The van der Waals surface area contributed by atoms with Crippen LogP contribution in [-0.4, -0.2) is 21.1 Å². The molecule has 5 nitrogen and oxygen atoms in total. The third kappa shape index (κ3) is 2.91. The van der Waals surface area contributed by atoms with E-state index >= 15 is 0 Å². The maximum Gasteiger partial charge on any atom is 0.122 e. The van der Waals surface area contributed by atoms with E-state index in [1.165, 1.54) is 0 Å². The second-order valence-corrected chi connectivity index (χ2v) is 4.34. The van der Waals surface area contributed by atoms with Gasteiger partial charge in [-0.3, -0.25) is 4.18 Å². The summed E-state index contributed by atoms with van der Waals surface area (Å²) in [6.45, 7) is 2.54. The van der Waals surface area contributed by atoms with E-state index in [0.717, 1.165) is 28.8 Å². The molecule has 0 aliphatic carbocycles. The van der Waals surface area contributed by atoms with Crippen molar-refractivity contribution in [3.8, 4) is 0 Å². The van der Waals surface area contributed by atoms with E-state index in [9.17, 15) is 8.76 Å². The monoisotopic (exact) mass is 254 g/mol. The van der Waals surface area contributed by atoms with Crippen LogP contribution >= 0.6 is 0 Å². The lowest BCUT2D eigenvalue weighted by atomic mass is 9.97. The summed E-state index contributed by atoms with van der Waals surface area (Å²) in [6, 6.07) is 5.64. The number of rotatable bonds is 4. The van der Waals surface area contributed by atoms with Gasteiger partial charge in [-0.05, 0) is 18.1 Å². The number of aryl methyl sites for hydroxylation is 1. The Morgan fingerprint density at radius 2 is 2.41 bits per heavy atom. The molecular formula is C11H12NO4S-. The van der Waals surface area contributed by atoms with Crippen molar-refractivity contribution in [3.05, 3.63) is 34.9 Å². The lowest BCUT2D eigenvalue weighted by Crippen LogP contribution is -2.07. The molecule has 1 aliphatic heterocycles. The largest absolute Gasteiger partial charge is 0.750 e. The zero-order chi connectivity index (χ0) is 12.3. The van der Waals surface area contributed by atoms with E-state index in [2.05, 4.69) is 9.34 Å². The summed E-state index contributed by atoms with van der Waals surface area (Å²) in [5.41, 5.74) is 3.61. The van der Waals surface area contributed by atoms with E-state index in [0.29, 0.717) is 6.61 Å². The molecule has 0 amide bonds. The maximum absolute atomic E-state index is 10.4. The van der Waals surface area contributed by atoms with Gasteiger partial charge < -0.3 is 9.39 Å². The molecule has 0 bridgehead atoms. The first-order chi connectivity index (χ1) is 8.18. The highest BCUT2D eigenvalue weighted by Crippen LogP contribution is 2.20. The van der Waals surface area contributed by atoms with Crippen LogP contribution in [0.3, 0.4) is 0 Å². The molecule has 0 spiro atoms. The van der Waals surface area contributed by atoms with Gasteiger partial charge in [0.05, 0.1) is 23.7 Å². The zero-order valence-electron chi connectivity index (χ0n) is 9.34. The molecule has 1 aromatic carbocycles. The second-order valence-electron chi connectivity index (χ2n) is 3.70. The lowest BCUT2D eigenvalue weighted by molar-refractivity contribution is 0.174.